The fraction of sp³-hybridized carbons (Fsp3) is 0.280. The largest absolute Gasteiger partial charge is 0.452 e. The first-order valence-corrected chi connectivity index (χ1v) is 11.1. The molecule has 1 aliphatic heterocycles. The highest BCUT2D eigenvalue weighted by atomic mass is 35.5. The Bertz CT molecular complexity index is 1210. The number of amides is 3. The Labute approximate surface area is 195 Å². The molecular weight excluding hydrogens is 444 g/mol. The summed E-state index contributed by atoms with van der Waals surface area (Å²) in [7, 11) is 0. The van der Waals surface area contributed by atoms with Crippen LogP contribution in [0.15, 0.2) is 60.2 Å². The van der Waals surface area contributed by atoms with Gasteiger partial charge in [0.15, 0.2) is 6.61 Å². The number of carbonyl (C=O) groups excluding carboxylic acids is 4. The van der Waals surface area contributed by atoms with Gasteiger partial charge in [-0.2, -0.15) is 0 Å². The molecule has 2 aromatic carbocycles. The van der Waals surface area contributed by atoms with Crippen LogP contribution < -0.4 is 10.2 Å². The number of imide groups is 1. The summed E-state index contributed by atoms with van der Waals surface area (Å²) in [4.78, 5) is 52.0. The molecule has 2 aliphatic carbocycles. The van der Waals surface area contributed by atoms with Crippen molar-refractivity contribution in [3.63, 3.8) is 0 Å². The molecule has 1 N–H and O–H groups in total. The predicted molar refractivity (Wildman–Crippen MR) is 122 cm³/mol. The number of nitrogens with one attached hydrogen (secondary N) is 1. The Balaban J connectivity index is 1.25. The van der Waals surface area contributed by atoms with E-state index in [-0.39, 0.29) is 41.0 Å². The predicted octanol–water partition coefficient (Wildman–Crippen LogP) is 3.84. The number of hydrogen-bond acceptors (Lipinski definition) is 5. The van der Waals surface area contributed by atoms with E-state index < -0.39 is 18.5 Å². The fourth-order valence-corrected chi connectivity index (χ4v) is 5.37. The number of nitrogens with zero attached hydrogens (tertiary/aromatic N) is 1. The minimum absolute atomic E-state index is 0.105. The monoisotopic (exact) mass is 464 g/mol. The van der Waals surface area contributed by atoms with Gasteiger partial charge < -0.3 is 10.1 Å². The Morgan fingerprint density at radius 2 is 1.82 bits per heavy atom. The number of halogens is 1. The summed E-state index contributed by atoms with van der Waals surface area (Å²) in [6.07, 6.45) is 2.97. The van der Waals surface area contributed by atoms with E-state index in [2.05, 4.69) is 11.4 Å². The molecule has 2 bridgehead atoms. The molecule has 168 valence electrons. The molecule has 33 heavy (non-hydrogen) atoms. The van der Waals surface area contributed by atoms with Crippen LogP contribution in [0.5, 0.6) is 0 Å². The smallest absolute Gasteiger partial charge is 0.338 e. The van der Waals surface area contributed by atoms with Crippen LogP contribution in [0.3, 0.4) is 0 Å². The van der Waals surface area contributed by atoms with Crippen molar-refractivity contribution in [2.75, 3.05) is 16.8 Å². The molecule has 0 radical (unpaired) electrons. The second-order valence-corrected chi connectivity index (χ2v) is 9.10. The Morgan fingerprint density at radius 3 is 2.58 bits per heavy atom. The number of allylic oxidation sites excluding steroid dienone is 2. The lowest BCUT2D eigenvalue weighted by Crippen LogP contribution is -2.33. The van der Waals surface area contributed by atoms with E-state index >= 15 is 0 Å². The van der Waals surface area contributed by atoms with Gasteiger partial charge in [0, 0.05) is 10.7 Å². The van der Waals surface area contributed by atoms with E-state index in [0.29, 0.717) is 16.4 Å². The minimum atomic E-state index is -0.722. The van der Waals surface area contributed by atoms with Gasteiger partial charge in [-0.15, -0.1) is 0 Å². The first kappa shape index (κ1) is 21.4. The standard InChI is InChI=1S/C25H21ClN2O5/c1-13-9-15-11-19(13)22-21(15)23(30)28(24(22)31)18-4-2-3-14(10-18)25(32)33-12-20(29)27-17-7-5-16(26)6-8-17/h2-10,15,19,21-22H,11-12H2,1H3,(H,27,29)/t15-,19+,21-,22-/m0/s1. The van der Waals surface area contributed by atoms with E-state index in [4.69, 9.17) is 16.3 Å². The van der Waals surface area contributed by atoms with Crippen LogP contribution in [0.2, 0.25) is 5.02 Å². The van der Waals surface area contributed by atoms with Crippen LogP contribution in [-0.2, 0) is 19.1 Å². The molecule has 0 aromatic heterocycles. The van der Waals surface area contributed by atoms with Crippen molar-refractivity contribution in [2.24, 2.45) is 23.7 Å². The number of rotatable bonds is 5. The minimum Gasteiger partial charge on any atom is -0.452 e. The summed E-state index contributed by atoms with van der Waals surface area (Å²) in [6.45, 7) is 1.53. The van der Waals surface area contributed by atoms with Crippen molar-refractivity contribution < 1.29 is 23.9 Å². The molecule has 1 heterocycles. The summed E-state index contributed by atoms with van der Waals surface area (Å²) in [5, 5.41) is 3.15. The van der Waals surface area contributed by atoms with Gasteiger partial charge in [0.1, 0.15) is 0 Å². The fourth-order valence-electron chi connectivity index (χ4n) is 5.25. The normalized spacial score (nSPS) is 25.2. The van der Waals surface area contributed by atoms with Gasteiger partial charge in [-0.1, -0.05) is 29.3 Å². The van der Waals surface area contributed by atoms with Crippen molar-refractivity contribution >= 4 is 46.7 Å². The van der Waals surface area contributed by atoms with Gasteiger partial charge in [0.2, 0.25) is 11.8 Å². The maximum absolute atomic E-state index is 13.1. The highest BCUT2D eigenvalue weighted by Crippen LogP contribution is 2.55. The Hall–Kier alpha value is -3.45. The third-order valence-corrected chi connectivity index (χ3v) is 6.94. The SMILES string of the molecule is CC1=C[C@H]2C[C@H]1[C@@H]1C(=O)N(c3cccc(C(=O)OCC(=O)Nc4ccc(Cl)cc4)c3)C(=O)[C@H]12. The van der Waals surface area contributed by atoms with E-state index in [0.717, 1.165) is 6.42 Å². The zero-order valence-corrected chi connectivity index (χ0v) is 18.5. The zero-order chi connectivity index (χ0) is 23.3. The van der Waals surface area contributed by atoms with Crippen molar-refractivity contribution in [3.05, 3.63) is 70.8 Å². The lowest BCUT2D eigenvalue weighted by molar-refractivity contribution is -0.123. The van der Waals surface area contributed by atoms with Crippen molar-refractivity contribution in [1.82, 2.24) is 0 Å². The van der Waals surface area contributed by atoms with Crippen LogP contribution in [0.25, 0.3) is 0 Å². The second kappa shape index (κ2) is 8.15. The number of hydrogen-bond donors (Lipinski definition) is 1. The molecule has 4 atom stereocenters. The van der Waals surface area contributed by atoms with E-state index in [9.17, 15) is 19.2 Å². The number of carbonyl (C=O) groups is 4. The quantitative estimate of drug-likeness (QED) is 0.412. The molecule has 1 saturated heterocycles. The number of esters is 1. The molecule has 0 unspecified atom stereocenters. The van der Waals surface area contributed by atoms with Gasteiger partial charge in [0.05, 0.1) is 23.1 Å². The molecule has 7 nitrogen and oxygen atoms in total. The number of anilines is 2. The van der Waals surface area contributed by atoms with E-state index in [1.807, 2.05) is 6.92 Å². The number of ether oxygens (including phenoxy) is 1. The summed E-state index contributed by atoms with van der Waals surface area (Å²) < 4.78 is 5.12. The molecule has 2 aromatic rings. The molecule has 3 amide bonds. The lowest BCUT2D eigenvalue weighted by atomic mass is 9.82. The molecule has 0 spiro atoms. The summed E-state index contributed by atoms with van der Waals surface area (Å²) in [5.41, 5.74) is 2.20. The highest BCUT2D eigenvalue weighted by molar-refractivity contribution is 6.30. The van der Waals surface area contributed by atoms with Crippen LogP contribution in [0, 0.1) is 23.7 Å². The van der Waals surface area contributed by atoms with Crippen LogP contribution in [0.4, 0.5) is 11.4 Å². The average Bonchev–Trinajstić information content (AvgIpc) is 3.44. The molecule has 2 fully saturated rings. The summed E-state index contributed by atoms with van der Waals surface area (Å²) in [5.74, 6) is -2.06. The Morgan fingerprint density at radius 1 is 1.09 bits per heavy atom. The van der Waals surface area contributed by atoms with Crippen LogP contribution in [0.1, 0.15) is 23.7 Å². The van der Waals surface area contributed by atoms with Crippen LogP contribution in [-0.4, -0.2) is 30.3 Å². The van der Waals surface area contributed by atoms with Crippen molar-refractivity contribution in [2.45, 2.75) is 13.3 Å². The lowest BCUT2D eigenvalue weighted by Gasteiger charge is -2.19. The molecule has 8 heteroatoms. The topological polar surface area (TPSA) is 92.8 Å². The maximum Gasteiger partial charge on any atom is 0.338 e. The third-order valence-electron chi connectivity index (χ3n) is 6.68. The third kappa shape index (κ3) is 3.72. The van der Waals surface area contributed by atoms with Crippen molar-refractivity contribution in [3.8, 4) is 0 Å². The first-order chi connectivity index (χ1) is 15.8. The van der Waals surface area contributed by atoms with Gasteiger partial charge >= 0.3 is 5.97 Å². The van der Waals surface area contributed by atoms with Gasteiger partial charge in [-0.05, 0) is 67.6 Å². The molecule has 5 rings (SSSR count). The summed E-state index contributed by atoms with van der Waals surface area (Å²) >= 11 is 5.82. The van der Waals surface area contributed by atoms with Gasteiger partial charge in [-0.3, -0.25) is 14.4 Å². The maximum atomic E-state index is 13.1. The Kier molecular flexibility index (Phi) is 5.29. The number of fused-ring (bicyclic) bond motifs is 5. The summed E-state index contributed by atoms with van der Waals surface area (Å²) in [6, 6.07) is 12.7. The van der Waals surface area contributed by atoms with Gasteiger partial charge in [0.25, 0.3) is 5.91 Å². The van der Waals surface area contributed by atoms with E-state index in [1.165, 1.54) is 22.6 Å². The molecule has 1 saturated carbocycles. The van der Waals surface area contributed by atoms with Crippen LogP contribution >= 0.6 is 11.6 Å². The van der Waals surface area contributed by atoms with Crippen molar-refractivity contribution in [1.29, 1.82) is 0 Å². The molecule has 3 aliphatic rings. The average molecular weight is 465 g/mol. The highest BCUT2D eigenvalue weighted by Gasteiger charge is 2.60. The van der Waals surface area contributed by atoms with Gasteiger partial charge in [-0.25, -0.2) is 9.69 Å². The first-order valence-electron chi connectivity index (χ1n) is 10.7. The number of benzene rings is 2. The molecular formula is C25H21ClN2O5. The second-order valence-electron chi connectivity index (χ2n) is 8.66. The van der Waals surface area contributed by atoms with E-state index in [1.54, 1.807) is 36.4 Å². The zero-order valence-electron chi connectivity index (χ0n) is 17.8.